The van der Waals surface area contributed by atoms with Gasteiger partial charge in [0.25, 0.3) is 5.91 Å². The number of nitrogens with zero attached hydrogens (tertiary/aromatic N) is 1. The van der Waals surface area contributed by atoms with Gasteiger partial charge in [-0.05, 0) is 68.2 Å². The predicted octanol–water partition coefficient (Wildman–Crippen LogP) is 4.73. The van der Waals surface area contributed by atoms with E-state index in [4.69, 9.17) is 9.47 Å². The lowest BCUT2D eigenvalue weighted by atomic mass is 9.82. The highest BCUT2D eigenvalue weighted by Crippen LogP contribution is 2.39. The third-order valence-corrected chi connectivity index (χ3v) is 7.20. The fourth-order valence-electron chi connectivity index (χ4n) is 5.47. The zero-order valence-electron chi connectivity index (χ0n) is 18.3. The summed E-state index contributed by atoms with van der Waals surface area (Å²) in [5.74, 6) is 0.943. The van der Waals surface area contributed by atoms with Crippen LogP contribution in [0.2, 0.25) is 0 Å². The van der Waals surface area contributed by atoms with Crippen molar-refractivity contribution < 1.29 is 18.7 Å². The molecule has 2 fully saturated rings. The predicted molar refractivity (Wildman–Crippen MR) is 121 cm³/mol. The summed E-state index contributed by atoms with van der Waals surface area (Å²) in [6.45, 7) is 1.14. The number of amides is 1. The third-order valence-electron chi connectivity index (χ3n) is 7.20. The van der Waals surface area contributed by atoms with Gasteiger partial charge < -0.3 is 19.7 Å². The summed E-state index contributed by atoms with van der Waals surface area (Å²) in [5.41, 5.74) is 1.67. The van der Waals surface area contributed by atoms with E-state index in [0.29, 0.717) is 24.8 Å². The van der Waals surface area contributed by atoms with Gasteiger partial charge in [0.15, 0.2) is 6.61 Å². The van der Waals surface area contributed by atoms with E-state index in [9.17, 15) is 9.18 Å². The first kappa shape index (κ1) is 21.3. The minimum Gasteiger partial charge on any atom is -0.483 e. The van der Waals surface area contributed by atoms with Gasteiger partial charge in [-0.1, -0.05) is 30.3 Å². The molecule has 1 amide bonds. The van der Waals surface area contributed by atoms with Crippen LogP contribution in [0.5, 0.6) is 5.75 Å². The summed E-state index contributed by atoms with van der Waals surface area (Å²) in [6.07, 6.45) is 6.05. The molecule has 6 rings (SSSR count). The van der Waals surface area contributed by atoms with Crippen molar-refractivity contribution >= 4 is 11.6 Å². The van der Waals surface area contributed by atoms with Crippen molar-refractivity contribution in [3.05, 3.63) is 59.9 Å². The van der Waals surface area contributed by atoms with Crippen molar-refractivity contribution in [2.75, 3.05) is 25.1 Å². The number of halogens is 1. The van der Waals surface area contributed by atoms with Crippen LogP contribution < -0.4 is 10.1 Å². The molecule has 170 valence electrons. The molecule has 0 spiro atoms. The number of fused-ring (bicyclic) bond motifs is 5. The van der Waals surface area contributed by atoms with E-state index in [2.05, 4.69) is 11.4 Å². The van der Waals surface area contributed by atoms with E-state index in [-0.39, 0.29) is 36.5 Å². The number of anilines is 1. The molecular weight excluding hydrogens is 407 g/mol. The second-order valence-electron chi connectivity index (χ2n) is 9.16. The highest BCUT2D eigenvalue weighted by molar-refractivity contribution is 5.78. The fraction of sp³-hybridized carbons (Fsp3) is 0.500. The average Bonchev–Trinajstić information content (AvgIpc) is 2.84. The van der Waals surface area contributed by atoms with E-state index in [1.54, 1.807) is 12.1 Å². The summed E-state index contributed by atoms with van der Waals surface area (Å²) in [4.78, 5) is 15.1. The number of para-hydroxylation sites is 2. The summed E-state index contributed by atoms with van der Waals surface area (Å²) in [6, 6.07) is 14.6. The maximum absolute atomic E-state index is 14.3. The minimum atomic E-state index is -0.278. The standard InChI is InChI=1S/C26H31FN2O3/c27-21-7-2-3-8-22(21)28-23-9-5-15-29-24(23)16-31-19-13-11-18(12-14-19)20-6-1-4-10-25(20)32-17-26(29)30/h1-4,6-8,10,18-19,23-24,28H,5,9,11-17H2/t18?,19?,23-,24-/m0/s1. The number of rotatable bonds is 2. The molecule has 2 aromatic carbocycles. The molecular formula is C26H31FN2O3. The maximum atomic E-state index is 14.3. The Balaban J connectivity index is 1.41. The fourth-order valence-corrected chi connectivity index (χ4v) is 5.47. The Morgan fingerprint density at radius 3 is 2.59 bits per heavy atom. The van der Waals surface area contributed by atoms with Crippen molar-refractivity contribution in [3.63, 3.8) is 0 Å². The van der Waals surface area contributed by atoms with Gasteiger partial charge in [-0.2, -0.15) is 0 Å². The van der Waals surface area contributed by atoms with Crippen molar-refractivity contribution in [2.45, 2.75) is 62.6 Å². The molecule has 1 aliphatic carbocycles. The molecule has 2 atom stereocenters. The summed E-state index contributed by atoms with van der Waals surface area (Å²) in [5, 5.41) is 3.36. The molecule has 3 heterocycles. The van der Waals surface area contributed by atoms with Gasteiger partial charge in [-0.15, -0.1) is 0 Å². The number of nitrogens with one attached hydrogen (secondary N) is 1. The summed E-state index contributed by atoms with van der Waals surface area (Å²) >= 11 is 0. The Morgan fingerprint density at radius 2 is 1.75 bits per heavy atom. The smallest absolute Gasteiger partial charge is 0.260 e. The van der Waals surface area contributed by atoms with Crippen LogP contribution >= 0.6 is 0 Å². The molecule has 0 aromatic heterocycles. The van der Waals surface area contributed by atoms with Crippen LogP contribution in [-0.2, 0) is 9.53 Å². The van der Waals surface area contributed by atoms with Gasteiger partial charge in [0.05, 0.1) is 24.4 Å². The first-order valence-electron chi connectivity index (χ1n) is 11.8. The van der Waals surface area contributed by atoms with Crippen molar-refractivity contribution in [1.29, 1.82) is 0 Å². The molecule has 3 aliphatic heterocycles. The molecule has 0 radical (unpaired) electrons. The highest BCUT2D eigenvalue weighted by atomic mass is 19.1. The van der Waals surface area contributed by atoms with Gasteiger partial charge in [0, 0.05) is 12.6 Å². The molecule has 2 aromatic rings. The van der Waals surface area contributed by atoms with Gasteiger partial charge in [0.2, 0.25) is 0 Å². The minimum absolute atomic E-state index is 0.01000. The van der Waals surface area contributed by atoms with Crippen molar-refractivity contribution in [1.82, 2.24) is 4.90 Å². The summed E-state index contributed by atoms with van der Waals surface area (Å²) < 4.78 is 26.8. The molecule has 32 heavy (non-hydrogen) atoms. The van der Waals surface area contributed by atoms with Crippen LogP contribution in [0.1, 0.15) is 50.0 Å². The first-order chi connectivity index (χ1) is 15.7. The number of piperidine rings is 1. The number of ether oxygens (including phenoxy) is 2. The van der Waals surface area contributed by atoms with Crippen LogP contribution in [0.15, 0.2) is 48.5 Å². The summed E-state index contributed by atoms with van der Waals surface area (Å²) in [7, 11) is 0. The Kier molecular flexibility index (Phi) is 6.30. The van der Waals surface area contributed by atoms with Gasteiger partial charge >= 0.3 is 0 Å². The maximum Gasteiger partial charge on any atom is 0.260 e. The van der Waals surface area contributed by atoms with Gasteiger partial charge in [-0.3, -0.25) is 4.79 Å². The lowest BCUT2D eigenvalue weighted by Crippen LogP contribution is -2.57. The SMILES string of the molecule is O=C1COc2ccccc2C2CCC(CC2)OC[C@H]2[C@@H](Nc3ccccc3F)CCCN12. The lowest BCUT2D eigenvalue weighted by molar-refractivity contribution is -0.140. The van der Waals surface area contributed by atoms with Crippen molar-refractivity contribution in [2.24, 2.45) is 0 Å². The van der Waals surface area contributed by atoms with Crippen LogP contribution in [0, 0.1) is 5.82 Å². The second-order valence-corrected chi connectivity index (χ2v) is 9.16. The van der Waals surface area contributed by atoms with Gasteiger partial charge in [-0.25, -0.2) is 4.39 Å². The third kappa shape index (κ3) is 4.46. The lowest BCUT2D eigenvalue weighted by Gasteiger charge is -2.42. The Bertz CT molecular complexity index is 944. The molecule has 5 nitrogen and oxygen atoms in total. The largest absolute Gasteiger partial charge is 0.483 e. The molecule has 6 heteroatoms. The molecule has 2 bridgehead atoms. The monoisotopic (exact) mass is 438 g/mol. The topological polar surface area (TPSA) is 50.8 Å². The quantitative estimate of drug-likeness (QED) is 0.736. The number of carbonyl (C=O) groups is 1. The van der Waals surface area contributed by atoms with Crippen LogP contribution in [0.3, 0.4) is 0 Å². The molecule has 0 unspecified atom stereocenters. The van der Waals surface area contributed by atoms with Crippen LogP contribution in [0.4, 0.5) is 10.1 Å². The van der Waals surface area contributed by atoms with Gasteiger partial charge in [0.1, 0.15) is 11.6 Å². The van der Waals surface area contributed by atoms with E-state index in [1.807, 2.05) is 29.2 Å². The van der Waals surface area contributed by atoms with E-state index in [1.165, 1.54) is 11.6 Å². The first-order valence-corrected chi connectivity index (χ1v) is 11.8. The van der Waals surface area contributed by atoms with E-state index < -0.39 is 0 Å². The Hall–Kier alpha value is -2.60. The molecule has 1 N–H and O–H groups in total. The van der Waals surface area contributed by atoms with Crippen molar-refractivity contribution in [3.8, 4) is 5.75 Å². The molecule has 1 saturated heterocycles. The second kappa shape index (κ2) is 9.49. The molecule has 4 aliphatic rings. The number of carbonyl (C=O) groups excluding carboxylic acids is 1. The average molecular weight is 439 g/mol. The molecule has 1 saturated carbocycles. The Labute approximate surface area is 188 Å². The highest BCUT2D eigenvalue weighted by Gasteiger charge is 2.36. The number of hydrogen-bond donors (Lipinski definition) is 1. The normalized spacial score (nSPS) is 28.4. The number of benzene rings is 2. The number of hydrogen-bond acceptors (Lipinski definition) is 4. The zero-order valence-corrected chi connectivity index (χ0v) is 18.3. The zero-order chi connectivity index (χ0) is 21.9. The van der Waals surface area contributed by atoms with E-state index in [0.717, 1.165) is 44.3 Å². The Morgan fingerprint density at radius 1 is 0.969 bits per heavy atom. The van der Waals surface area contributed by atoms with Crippen LogP contribution in [-0.4, -0.2) is 48.8 Å². The van der Waals surface area contributed by atoms with Crippen LogP contribution in [0.25, 0.3) is 0 Å². The van der Waals surface area contributed by atoms with E-state index >= 15 is 0 Å².